The Bertz CT molecular complexity index is 241. The smallest absolute Gasteiger partial charge is 0.136 e. The lowest BCUT2D eigenvalue weighted by Gasteiger charge is -2.17. The molecule has 0 saturated heterocycles. The fraction of sp³-hybridized carbons (Fsp3) is 0.700. The molecule has 2 fully saturated rings. The average molecular weight is 148 g/mol. The number of carbonyl (C=O) groups is 1. The minimum Gasteiger partial charge on any atom is -0.299 e. The highest BCUT2D eigenvalue weighted by molar-refractivity contribution is 5.84. The number of hydrogen-bond donors (Lipinski definition) is 0. The molecular formula is C10H12O. The Morgan fingerprint density at radius 1 is 1.27 bits per heavy atom. The van der Waals surface area contributed by atoms with Crippen LogP contribution in [0.2, 0.25) is 0 Å². The molecule has 0 amide bonds. The second-order valence-electron chi connectivity index (χ2n) is 4.14. The van der Waals surface area contributed by atoms with Crippen molar-refractivity contribution >= 4 is 5.78 Å². The molecule has 11 heavy (non-hydrogen) atoms. The number of ketones is 1. The fourth-order valence-corrected chi connectivity index (χ4v) is 3.27. The Labute approximate surface area is 66.5 Å². The number of Topliss-reactive ketones (excluding diaryl/α,β-unsaturated/α-hetero) is 1. The number of rotatable bonds is 0. The second-order valence-corrected chi connectivity index (χ2v) is 4.14. The molecule has 2 saturated carbocycles. The van der Waals surface area contributed by atoms with Gasteiger partial charge in [-0.25, -0.2) is 0 Å². The molecule has 0 aromatic heterocycles. The SMILES string of the molecule is O=C1CC[C@@H]2[C@H]1[C@@H]1C=C[C@H]2C1. The van der Waals surface area contributed by atoms with E-state index < -0.39 is 0 Å². The lowest BCUT2D eigenvalue weighted by Crippen LogP contribution is -2.18. The van der Waals surface area contributed by atoms with Crippen LogP contribution in [0.1, 0.15) is 19.3 Å². The Morgan fingerprint density at radius 3 is 2.91 bits per heavy atom. The van der Waals surface area contributed by atoms with Gasteiger partial charge in [0.25, 0.3) is 0 Å². The zero-order chi connectivity index (χ0) is 7.42. The molecular weight excluding hydrogens is 136 g/mol. The summed E-state index contributed by atoms with van der Waals surface area (Å²) in [5, 5.41) is 0. The van der Waals surface area contributed by atoms with E-state index in [1.54, 1.807) is 0 Å². The second kappa shape index (κ2) is 1.77. The third-order valence-corrected chi connectivity index (χ3v) is 3.72. The summed E-state index contributed by atoms with van der Waals surface area (Å²) in [5.74, 6) is 3.16. The van der Waals surface area contributed by atoms with Gasteiger partial charge in [0.2, 0.25) is 0 Å². The molecule has 58 valence electrons. The van der Waals surface area contributed by atoms with Crippen molar-refractivity contribution in [2.75, 3.05) is 0 Å². The van der Waals surface area contributed by atoms with Crippen LogP contribution in [0.3, 0.4) is 0 Å². The van der Waals surface area contributed by atoms with Crippen LogP contribution in [0, 0.1) is 23.7 Å². The van der Waals surface area contributed by atoms with Crippen molar-refractivity contribution in [3.05, 3.63) is 12.2 Å². The van der Waals surface area contributed by atoms with Crippen LogP contribution in [0.25, 0.3) is 0 Å². The van der Waals surface area contributed by atoms with E-state index in [1.165, 1.54) is 12.8 Å². The van der Waals surface area contributed by atoms with Crippen molar-refractivity contribution in [2.24, 2.45) is 23.7 Å². The van der Waals surface area contributed by atoms with Gasteiger partial charge in [-0.3, -0.25) is 4.79 Å². The van der Waals surface area contributed by atoms with Crippen molar-refractivity contribution in [3.63, 3.8) is 0 Å². The minimum absolute atomic E-state index is 0.449. The monoisotopic (exact) mass is 148 g/mol. The first-order chi connectivity index (χ1) is 5.36. The molecule has 1 nitrogen and oxygen atoms in total. The molecule has 1 heteroatoms. The summed E-state index contributed by atoms with van der Waals surface area (Å²) in [7, 11) is 0. The highest BCUT2D eigenvalue weighted by Crippen LogP contribution is 2.53. The van der Waals surface area contributed by atoms with E-state index in [0.29, 0.717) is 17.6 Å². The zero-order valence-corrected chi connectivity index (χ0v) is 6.49. The maximum atomic E-state index is 11.4. The first-order valence-corrected chi connectivity index (χ1v) is 4.57. The molecule has 3 aliphatic carbocycles. The topological polar surface area (TPSA) is 17.1 Å². The van der Waals surface area contributed by atoms with Crippen molar-refractivity contribution < 1.29 is 4.79 Å². The third kappa shape index (κ3) is 0.597. The molecule has 0 spiro atoms. The van der Waals surface area contributed by atoms with Gasteiger partial charge in [-0.15, -0.1) is 0 Å². The zero-order valence-electron chi connectivity index (χ0n) is 6.49. The minimum atomic E-state index is 0.449. The predicted molar refractivity (Wildman–Crippen MR) is 42.0 cm³/mol. The average Bonchev–Trinajstić information content (AvgIpc) is 2.60. The van der Waals surface area contributed by atoms with Gasteiger partial charge in [-0.05, 0) is 30.6 Å². The van der Waals surface area contributed by atoms with Gasteiger partial charge in [0.05, 0.1) is 0 Å². The van der Waals surface area contributed by atoms with Gasteiger partial charge >= 0.3 is 0 Å². The molecule has 2 bridgehead atoms. The molecule has 4 atom stereocenters. The Morgan fingerprint density at radius 2 is 2.09 bits per heavy atom. The number of fused-ring (bicyclic) bond motifs is 5. The molecule has 3 rings (SSSR count). The fourth-order valence-electron chi connectivity index (χ4n) is 3.27. The number of allylic oxidation sites excluding steroid dienone is 2. The van der Waals surface area contributed by atoms with Gasteiger partial charge in [-0.2, -0.15) is 0 Å². The van der Waals surface area contributed by atoms with Crippen LogP contribution in [-0.2, 0) is 4.79 Å². The Balaban J connectivity index is 2.03. The molecule has 0 aromatic rings. The van der Waals surface area contributed by atoms with E-state index in [0.717, 1.165) is 18.3 Å². The summed E-state index contributed by atoms with van der Waals surface area (Å²) in [6.45, 7) is 0. The quantitative estimate of drug-likeness (QED) is 0.479. The van der Waals surface area contributed by atoms with Gasteiger partial charge in [-0.1, -0.05) is 12.2 Å². The molecule has 0 aliphatic heterocycles. The van der Waals surface area contributed by atoms with Gasteiger partial charge in [0, 0.05) is 12.3 Å². The normalized spacial score (nSPS) is 52.2. The van der Waals surface area contributed by atoms with Crippen molar-refractivity contribution in [1.82, 2.24) is 0 Å². The lowest BCUT2D eigenvalue weighted by atomic mass is 9.86. The summed E-state index contributed by atoms with van der Waals surface area (Å²) in [6, 6.07) is 0. The maximum absolute atomic E-state index is 11.4. The van der Waals surface area contributed by atoms with Crippen LogP contribution in [-0.4, -0.2) is 5.78 Å². The first-order valence-electron chi connectivity index (χ1n) is 4.57. The van der Waals surface area contributed by atoms with E-state index in [2.05, 4.69) is 12.2 Å². The summed E-state index contributed by atoms with van der Waals surface area (Å²) >= 11 is 0. The summed E-state index contributed by atoms with van der Waals surface area (Å²) in [4.78, 5) is 11.4. The number of hydrogen-bond acceptors (Lipinski definition) is 1. The summed E-state index contributed by atoms with van der Waals surface area (Å²) in [6.07, 6.45) is 7.93. The van der Waals surface area contributed by atoms with E-state index >= 15 is 0 Å². The Hall–Kier alpha value is -0.590. The van der Waals surface area contributed by atoms with Gasteiger partial charge in [0.1, 0.15) is 5.78 Å². The highest BCUT2D eigenvalue weighted by Gasteiger charge is 2.50. The molecule has 0 radical (unpaired) electrons. The van der Waals surface area contributed by atoms with Crippen LogP contribution >= 0.6 is 0 Å². The maximum Gasteiger partial charge on any atom is 0.136 e. The van der Waals surface area contributed by atoms with Crippen molar-refractivity contribution in [3.8, 4) is 0 Å². The molecule has 0 aromatic carbocycles. The van der Waals surface area contributed by atoms with Crippen LogP contribution in [0.5, 0.6) is 0 Å². The van der Waals surface area contributed by atoms with E-state index in [-0.39, 0.29) is 0 Å². The highest BCUT2D eigenvalue weighted by atomic mass is 16.1. The van der Waals surface area contributed by atoms with E-state index in [9.17, 15) is 4.79 Å². The van der Waals surface area contributed by atoms with Crippen molar-refractivity contribution in [2.45, 2.75) is 19.3 Å². The van der Waals surface area contributed by atoms with Crippen LogP contribution in [0.4, 0.5) is 0 Å². The molecule has 0 N–H and O–H groups in total. The summed E-state index contributed by atoms with van der Waals surface area (Å²) in [5.41, 5.74) is 0. The molecule has 0 heterocycles. The van der Waals surface area contributed by atoms with E-state index in [1.807, 2.05) is 0 Å². The molecule has 0 unspecified atom stereocenters. The van der Waals surface area contributed by atoms with Crippen molar-refractivity contribution in [1.29, 1.82) is 0 Å². The number of carbonyl (C=O) groups excluding carboxylic acids is 1. The third-order valence-electron chi connectivity index (χ3n) is 3.72. The standard InChI is InChI=1S/C10H12O/c11-9-4-3-8-6-1-2-7(5-6)10(8)9/h1-2,6-8,10H,3-5H2/t6-,7+,8-,10+/m0/s1. The van der Waals surface area contributed by atoms with Crippen LogP contribution < -0.4 is 0 Å². The first kappa shape index (κ1) is 5.99. The predicted octanol–water partition coefficient (Wildman–Crippen LogP) is 1.79. The van der Waals surface area contributed by atoms with Gasteiger partial charge < -0.3 is 0 Å². The Kier molecular flexibility index (Phi) is 0.961. The largest absolute Gasteiger partial charge is 0.299 e. The summed E-state index contributed by atoms with van der Waals surface area (Å²) < 4.78 is 0. The van der Waals surface area contributed by atoms with E-state index in [4.69, 9.17) is 0 Å². The molecule has 3 aliphatic rings. The van der Waals surface area contributed by atoms with Crippen LogP contribution in [0.15, 0.2) is 12.2 Å². The lowest BCUT2D eigenvalue weighted by molar-refractivity contribution is -0.121. The van der Waals surface area contributed by atoms with Gasteiger partial charge in [0.15, 0.2) is 0 Å².